The van der Waals surface area contributed by atoms with Crippen LogP contribution in [0.25, 0.3) is 0 Å². The Morgan fingerprint density at radius 2 is 1.67 bits per heavy atom. The number of piperazine rings is 1. The van der Waals surface area contributed by atoms with Gasteiger partial charge in [-0.25, -0.2) is 4.39 Å². The third kappa shape index (κ3) is 2.99. The highest BCUT2D eigenvalue weighted by atomic mass is 19.1. The normalized spacial score (nSPS) is 18.7. The summed E-state index contributed by atoms with van der Waals surface area (Å²) in [4.78, 5) is 27.7. The number of hydrogen-bond donors (Lipinski definition) is 1. The third-order valence-corrected chi connectivity index (χ3v) is 3.97. The van der Waals surface area contributed by atoms with Gasteiger partial charge in [0.2, 0.25) is 5.91 Å². The van der Waals surface area contributed by atoms with Crippen molar-refractivity contribution < 1.29 is 14.0 Å². The van der Waals surface area contributed by atoms with E-state index in [0.717, 1.165) is 12.8 Å². The minimum atomic E-state index is -0.513. The van der Waals surface area contributed by atoms with E-state index in [1.54, 1.807) is 4.90 Å². The highest BCUT2D eigenvalue weighted by Crippen LogP contribution is 2.31. The standard InChI is InChI=1S/C15H18FN3O2/c16-12-7-11(8-13(17)9-12)15(21)19-5-3-18(4-6-19)14(20)10-1-2-10/h7-10H,1-6,17H2. The molecule has 1 aliphatic carbocycles. The van der Waals surface area contributed by atoms with Crippen LogP contribution in [0, 0.1) is 11.7 Å². The molecule has 0 aromatic heterocycles. The Morgan fingerprint density at radius 1 is 1.05 bits per heavy atom. The van der Waals surface area contributed by atoms with Gasteiger partial charge in [0.1, 0.15) is 5.82 Å². The molecule has 21 heavy (non-hydrogen) atoms. The van der Waals surface area contributed by atoms with Gasteiger partial charge in [-0.3, -0.25) is 9.59 Å². The van der Waals surface area contributed by atoms with Gasteiger partial charge in [-0.05, 0) is 31.0 Å². The van der Waals surface area contributed by atoms with Crippen molar-refractivity contribution in [2.24, 2.45) is 5.92 Å². The average molecular weight is 291 g/mol. The van der Waals surface area contributed by atoms with E-state index in [1.165, 1.54) is 18.2 Å². The second kappa shape index (κ2) is 5.35. The van der Waals surface area contributed by atoms with Gasteiger partial charge in [0.25, 0.3) is 5.91 Å². The van der Waals surface area contributed by atoms with Crippen LogP contribution >= 0.6 is 0 Å². The smallest absolute Gasteiger partial charge is 0.254 e. The minimum absolute atomic E-state index is 0.204. The van der Waals surface area contributed by atoms with Crippen LogP contribution in [0.1, 0.15) is 23.2 Å². The molecule has 0 radical (unpaired) electrons. The zero-order valence-electron chi connectivity index (χ0n) is 11.7. The second-order valence-corrected chi connectivity index (χ2v) is 5.66. The molecule has 2 aliphatic rings. The number of carbonyl (C=O) groups is 2. The molecule has 1 aromatic rings. The molecular weight excluding hydrogens is 273 g/mol. The van der Waals surface area contributed by atoms with Crippen LogP contribution in [0.3, 0.4) is 0 Å². The highest BCUT2D eigenvalue weighted by molar-refractivity contribution is 5.95. The Balaban J connectivity index is 1.63. The van der Waals surface area contributed by atoms with E-state index < -0.39 is 5.82 Å². The van der Waals surface area contributed by atoms with Gasteiger partial charge in [-0.15, -0.1) is 0 Å². The molecule has 5 nitrogen and oxygen atoms in total. The van der Waals surface area contributed by atoms with Crippen molar-refractivity contribution in [1.29, 1.82) is 0 Å². The molecule has 2 N–H and O–H groups in total. The first-order chi connectivity index (χ1) is 10.0. The van der Waals surface area contributed by atoms with Crippen LogP contribution in [0.5, 0.6) is 0 Å². The Kier molecular flexibility index (Phi) is 3.53. The van der Waals surface area contributed by atoms with Gasteiger partial charge in [0.05, 0.1) is 0 Å². The SMILES string of the molecule is Nc1cc(F)cc(C(=O)N2CCN(C(=O)C3CC3)CC2)c1. The molecule has 0 atom stereocenters. The van der Waals surface area contributed by atoms with E-state index in [0.29, 0.717) is 26.2 Å². The molecule has 1 aliphatic heterocycles. The summed E-state index contributed by atoms with van der Waals surface area (Å²) < 4.78 is 13.3. The zero-order valence-corrected chi connectivity index (χ0v) is 11.7. The fourth-order valence-electron chi connectivity index (χ4n) is 2.64. The van der Waals surface area contributed by atoms with Gasteiger partial charge < -0.3 is 15.5 Å². The Bertz CT molecular complexity index is 558. The molecule has 1 saturated carbocycles. The van der Waals surface area contributed by atoms with E-state index in [4.69, 9.17) is 5.73 Å². The molecule has 1 heterocycles. The number of amides is 2. The van der Waals surface area contributed by atoms with E-state index in [2.05, 4.69) is 0 Å². The number of nitrogens with zero attached hydrogens (tertiary/aromatic N) is 2. The van der Waals surface area contributed by atoms with Crippen LogP contribution < -0.4 is 5.73 Å². The number of rotatable bonds is 2. The zero-order chi connectivity index (χ0) is 15.0. The van der Waals surface area contributed by atoms with Crippen molar-refractivity contribution in [1.82, 2.24) is 9.80 Å². The van der Waals surface area contributed by atoms with Crippen molar-refractivity contribution in [3.05, 3.63) is 29.6 Å². The molecule has 0 unspecified atom stereocenters. The molecule has 6 heteroatoms. The largest absolute Gasteiger partial charge is 0.399 e. The molecule has 0 bridgehead atoms. The lowest BCUT2D eigenvalue weighted by Gasteiger charge is -2.35. The summed E-state index contributed by atoms with van der Waals surface area (Å²) in [6.07, 6.45) is 1.97. The quantitative estimate of drug-likeness (QED) is 0.830. The lowest BCUT2D eigenvalue weighted by atomic mass is 10.1. The number of benzene rings is 1. The van der Waals surface area contributed by atoms with Crippen LogP contribution in [0.2, 0.25) is 0 Å². The molecule has 2 fully saturated rings. The fourth-order valence-corrected chi connectivity index (χ4v) is 2.64. The van der Waals surface area contributed by atoms with E-state index in [1.807, 2.05) is 4.90 Å². The molecule has 112 valence electrons. The number of halogens is 1. The van der Waals surface area contributed by atoms with Gasteiger partial charge in [0.15, 0.2) is 0 Å². The predicted molar refractivity (Wildman–Crippen MR) is 76.0 cm³/mol. The summed E-state index contributed by atoms with van der Waals surface area (Å²) in [5.41, 5.74) is 6.06. The average Bonchev–Trinajstić information content (AvgIpc) is 3.29. The number of nitrogens with two attached hydrogens (primary N) is 1. The number of carbonyl (C=O) groups excluding carboxylic acids is 2. The van der Waals surface area contributed by atoms with Gasteiger partial charge in [-0.2, -0.15) is 0 Å². The molecule has 2 amide bonds. The van der Waals surface area contributed by atoms with Gasteiger partial charge in [0, 0.05) is 43.3 Å². The van der Waals surface area contributed by atoms with Crippen molar-refractivity contribution in [3.63, 3.8) is 0 Å². The highest BCUT2D eigenvalue weighted by Gasteiger charge is 2.35. The first-order valence-corrected chi connectivity index (χ1v) is 7.19. The maximum Gasteiger partial charge on any atom is 0.254 e. The Labute approximate surface area is 122 Å². The van der Waals surface area contributed by atoms with Crippen LogP contribution in [0.4, 0.5) is 10.1 Å². The van der Waals surface area contributed by atoms with E-state index in [-0.39, 0.29) is 29.0 Å². The maximum atomic E-state index is 13.3. The summed E-state index contributed by atoms with van der Waals surface area (Å²) >= 11 is 0. The van der Waals surface area contributed by atoms with Crippen LogP contribution in [0.15, 0.2) is 18.2 Å². The number of anilines is 1. The fraction of sp³-hybridized carbons (Fsp3) is 0.467. The van der Waals surface area contributed by atoms with Crippen molar-refractivity contribution >= 4 is 17.5 Å². The summed E-state index contributed by atoms with van der Waals surface area (Å²) in [5.74, 6) is -0.340. The maximum absolute atomic E-state index is 13.3. The second-order valence-electron chi connectivity index (χ2n) is 5.66. The number of nitrogen functional groups attached to an aromatic ring is 1. The predicted octanol–water partition coefficient (Wildman–Crippen LogP) is 1.10. The lowest BCUT2D eigenvalue weighted by Crippen LogP contribution is -2.51. The van der Waals surface area contributed by atoms with E-state index >= 15 is 0 Å². The van der Waals surface area contributed by atoms with Crippen LogP contribution in [-0.2, 0) is 4.79 Å². The Morgan fingerprint density at radius 3 is 2.24 bits per heavy atom. The topological polar surface area (TPSA) is 66.6 Å². The number of hydrogen-bond acceptors (Lipinski definition) is 3. The molecule has 1 aromatic carbocycles. The summed E-state index contributed by atoms with van der Waals surface area (Å²) in [6.45, 7) is 2.05. The first kappa shape index (κ1) is 13.9. The summed E-state index contributed by atoms with van der Waals surface area (Å²) in [6, 6.07) is 3.86. The van der Waals surface area contributed by atoms with Crippen molar-refractivity contribution in [2.45, 2.75) is 12.8 Å². The van der Waals surface area contributed by atoms with Gasteiger partial charge >= 0.3 is 0 Å². The summed E-state index contributed by atoms with van der Waals surface area (Å²) in [5, 5.41) is 0. The van der Waals surface area contributed by atoms with Crippen molar-refractivity contribution in [3.8, 4) is 0 Å². The first-order valence-electron chi connectivity index (χ1n) is 7.19. The summed E-state index contributed by atoms with van der Waals surface area (Å²) in [7, 11) is 0. The molecule has 0 spiro atoms. The van der Waals surface area contributed by atoms with E-state index in [9.17, 15) is 14.0 Å². The monoisotopic (exact) mass is 291 g/mol. The van der Waals surface area contributed by atoms with Gasteiger partial charge in [-0.1, -0.05) is 0 Å². The lowest BCUT2D eigenvalue weighted by molar-refractivity contribution is -0.134. The molecule has 3 rings (SSSR count). The molecular formula is C15H18FN3O2. The van der Waals surface area contributed by atoms with Crippen molar-refractivity contribution in [2.75, 3.05) is 31.9 Å². The Hall–Kier alpha value is -2.11. The van der Waals surface area contributed by atoms with Crippen LogP contribution in [-0.4, -0.2) is 47.8 Å². The third-order valence-electron chi connectivity index (χ3n) is 3.97. The minimum Gasteiger partial charge on any atom is -0.399 e. The molecule has 1 saturated heterocycles.